The van der Waals surface area contributed by atoms with E-state index < -0.39 is 0 Å². The van der Waals surface area contributed by atoms with Crippen molar-refractivity contribution in [1.82, 2.24) is 0 Å². The van der Waals surface area contributed by atoms with E-state index in [2.05, 4.69) is 10.1 Å². The summed E-state index contributed by atoms with van der Waals surface area (Å²) < 4.78 is 4.59. The highest BCUT2D eigenvalue weighted by molar-refractivity contribution is 5.93. The van der Waals surface area contributed by atoms with Crippen LogP contribution in [0.15, 0.2) is 24.3 Å². The second-order valence-corrected chi connectivity index (χ2v) is 3.87. The molecular weight excluding hydrogens is 218 g/mol. The molecule has 1 atom stereocenters. The van der Waals surface area contributed by atoms with Crippen molar-refractivity contribution >= 4 is 17.6 Å². The van der Waals surface area contributed by atoms with E-state index in [9.17, 15) is 9.59 Å². The third-order valence-electron chi connectivity index (χ3n) is 2.63. The average Bonchev–Trinajstić information content (AvgIpc) is 2.37. The van der Waals surface area contributed by atoms with Gasteiger partial charge < -0.3 is 10.1 Å². The summed E-state index contributed by atoms with van der Waals surface area (Å²) in [4.78, 5) is 22.8. The normalized spacial score (nSPS) is 11.7. The summed E-state index contributed by atoms with van der Waals surface area (Å²) in [6.07, 6.45) is 0.798. The van der Waals surface area contributed by atoms with Crippen LogP contribution in [0.25, 0.3) is 0 Å². The predicted molar refractivity (Wildman–Crippen MR) is 65.9 cm³/mol. The predicted octanol–water partition coefficient (Wildman–Crippen LogP) is 2.46. The largest absolute Gasteiger partial charge is 0.465 e. The van der Waals surface area contributed by atoms with E-state index in [0.29, 0.717) is 11.3 Å². The second-order valence-electron chi connectivity index (χ2n) is 3.87. The van der Waals surface area contributed by atoms with Gasteiger partial charge >= 0.3 is 5.97 Å². The topological polar surface area (TPSA) is 55.4 Å². The molecule has 0 heterocycles. The van der Waals surface area contributed by atoms with E-state index in [1.807, 2.05) is 13.8 Å². The lowest BCUT2D eigenvalue weighted by molar-refractivity contribution is -0.119. The molecular formula is C13H17NO3. The molecule has 1 aromatic rings. The van der Waals surface area contributed by atoms with Crippen molar-refractivity contribution in [2.75, 3.05) is 12.4 Å². The van der Waals surface area contributed by atoms with E-state index in [1.54, 1.807) is 24.3 Å². The van der Waals surface area contributed by atoms with E-state index in [0.717, 1.165) is 6.42 Å². The molecule has 0 aliphatic heterocycles. The summed E-state index contributed by atoms with van der Waals surface area (Å²) in [5.74, 6) is -0.418. The first-order valence-electron chi connectivity index (χ1n) is 5.57. The second kappa shape index (κ2) is 6.03. The number of hydrogen-bond donors (Lipinski definition) is 1. The van der Waals surface area contributed by atoms with Gasteiger partial charge in [-0.15, -0.1) is 0 Å². The Bertz CT molecular complexity index is 398. The molecule has 0 fully saturated rings. The van der Waals surface area contributed by atoms with E-state index in [-0.39, 0.29) is 17.8 Å². The summed E-state index contributed by atoms with van der Waals surface area (Å²) >= 11 is 0. The molecule has 0 saturated carbocycles. The summed E-state index contributed by atoms with van der Waals surface area (Å²) in [7, 11) is 1.33. The minimum Gasteiger partial charge on any atom is -0.465 e. The lowest BCUT2D eigenvalue weighted by Gasteiger charge is -2.10. The van der Waals surface area contributed by atoms with Gasteiger partial charge in [-0.2, -0.15) is 0 Å². The molecule has 0 bridgehead atoms. The van der Waals surface area contributed by atoms with Crippen LogP contribution in [0, 0.1) is 5.92 Å². The fourth-order valence-electron chi connectivity index (χ4n) is 1.26. The fraction of sp³-hybridized carbons (Fsp3) is 0.385. The Balaban J connectivity index is 2.69. The van der Waals surface area contributed by atoms with Gasteiger partial charge in [0.25, 0.3) is 0 Å². The Morgan fingerprint density at radius 3 is 2.35 bits per heavy atom. The Kier molecular flexibility index (Phi) is 4.69. The van der Waals surface area contributed by atoms with Crippen molar-refractivity contribution in [3.05, 3.63) is 29.8 Å². The maximum Gasteiger partial charge on any atom is 0.337 e. The van der Waals surface area contributed by atoms with Gasteiger partial charge in [0.1, 0.15) is 0 Å². The van der Waals surface area contributed by atoms with E-state index >= 15 is 0 Å². The van der Waals surface area contributed by atoms with Gasteiger partial charge in [0.05, 0.1) is 12.7 Å². The zero-order valence-electron chi connectivity index (χ0n) is 10.3. The average molecular weight is 235 g/mol. The SMILES string of the molecule is CC[C@@H](C)C(=O)Nc1ccc(C(=O)OC)cc1. The van der Waals surface area contributed by atoms with Crippen LogP contribution in [0.1, 0.15) is 30.6 Å². The third kappa shape index (κ3) is 3.59. The third-order valence-corrected chi connectivity index (χ3v) is 2.63. The van der Waals surface area contributed by atoms with Crippen LogP contribution < -0.4 is 5.32 Å². The Morgan fingerprint density at radius 2 is 1.88 bits per heavy atom. The molecule has 1 aromatic carbocycles. The number of benzene rings is 1. The van der Waals surface area contributed by atoms with Crippen LogP contribution in [0.4, 0.5) is 5.69 Å². The van der Waals surface area contributed by atoms with Crippen molar-refractivity contribution < 1.29 is 14.3 Å². The zero-order chi connectivity index (χ0) is 12.8. The molecule has 4 heteroatoms. The van der Waals surface area contributed by atoms with Gasteiger partial charge in [-0.1, -0.05) is 13.8 Å². The monoisotopic (exact) mass is 235 g/mol. The molecule has 1 amide bonds. The number of carbonyl (C=O) groups excluding carboxylic acids is 2. The highest BCUT2D eigenvalue weighted by Gasteiger charge is 2.11. The van der Waals surface area contributed by atoms with Crippen molar-refractivity contribution in [1.29, 1.82) is 0 Å². The highest BCUT2D eigenvalue weighted by atomic mass is 16.5. The summed E-state index contributed by atoms with van der Waals surface area (Å²) in [5.41, 5.74) is 1.15. The number of methoxy groups -OCH3 is 1. The van der Waals surface area contributed by atoms with Crippen molar-refractivity contribution in [3.8, 4) is 0 Å². The molecule has 92 valence electrons. The Labute approximate surface area is 101 Å². The summed E-state index contributed by atoms with van der Waals surface area (Å²) in [6, 6.07) is 6.62. The lowest BCUT2D eigenvalue weighted by Crippen LogP contribution is -2.19. The van der Waals surface area contributed by atoms with Crippen LogP contribution in [0.3, 0.4) is 0 Å². The first kappa shape index (κ1) is 13.2. The molecule has 0 aliphatic rings. The summed E-state index contributed by atoms with van der Waals surface area (Å²) in [6.45, 7) is 3.84. The molecule has 0 saturated heterocycles. The molecule has 0 aliphatic carbocycles. The first-order chi connectivity index (χ1) is 8.08. The van der Waals surface area contributed by atoms with Gasteiger partial charge in [-0.25, -0.2) is 4.79 Å². The van der Waals surface area contributed by atoms with Crippen LogP contribution >= 0.6 is 0 Å². The first-order valence-corrected chi connectivity index (χ1v) is 5.57. The van der Waals surface area contributed by atoms with Gasteiger partial charge in [0.15, 0.2) is 0 Å². The number of nitrogens with one attached hydrogen (secondary N) is 1. The van der Waals surface area contributed by atoms with Crippen molar-refractivity contribution in [3.63, 3.8) is 0 Å². The zero-order valence-corrected chi connectivity index (χ0v) is 10.3. The number of amides is 1. The fourth-order valence-corrected chi connectivity index (χ4v) is 1.26. The summed E-state index contributed by atoms with van der Waals surface area (Å²) in [5, 5.41) is 2.79. The number of ether oxygens (including phenoxy) is 1. The number of rotatable bonds is 4. The van der Waals surface area contributed by atoms with Crippen LogP contribution in [0.2, 0.25) is 0 Å². The molecule has 1 N–H and O–H groups in total. The number of carbonyl (C=O) groups is 2. The van der Waals surface area contributed by atoms with Gasteiger partial charge in [-0.05, 0) is 30.7 Å². The van der Waals surface area contributed by atoms with Gasteiger partial charge in [0.2, 0.25) is 5.91 Å². The Morgan fingerprint density at radius 1 is 1.29 bits per heavy atom. The number of esters is 1. The number of hydrogen-bond acceptors (Lipinski definition) is 3. The lowest BCUT2D eigenvalue weighted by atomic mass is 10.1. The molecule has 17 heavy (non-hydrogen) atoms. The van der Waals surface area contributed by atoms with Crippen LogP contribution in [0.5, 0.6) is 0 Å². The van der Waals surface area contributed by atoms with E-state index in [1.165, 1.54) is 7.11 Å². The number of anilines is 1. The molecule has 0 aromatic heterocycles. The van der Waals surface area contributed by atoms with Crippen LogP contribution in [-0.4, -0.2) is 19.0 Å². The molecule has 0 unspecified atom stereocenters. The maximum absolute atomic E-state index is 11.6. The molecule has 0 radical (unpaired) electrons. The minimum absolute atomic E-state index is 0.0154. The maximum atomic E-state index is 11.6. The Hall–Kier alpha value is -1.84. The molecule has 0 spiro atoms. The molecule has 4 nitrogen and oxygen atoms in total. The van der Waals surface area contributed by atoms with Crippen LogP contribution in [-0.2, 0) is 9.53 Å². The van der Waals surface area contributed by atoms with Crippen molar-refractivity contribution in [2.24, 2.45) is 5.92 Å². The quantitative estimate of drug-likeness (QED) is 0.815. The highest BCUT2D eigenvalue weighted by Crippen LogP contribution is 2.12. The van der Waals surface area contributed by atoms with Gasteiger partial charge in [-0.3, -0.25) is 4.79 Å². The molecule has 1 rings (SSSR count). The standard InChI is InChI=1S/C13H17NO3/c1-4-9(2)12(15)14-11-7-5-10(6-8-11)13(16)17-3/h5-9H,4H2,1-3H3,(H,14,15)/t9-/m1/s1. The minimum atomic E-state index is -0.384. The van der Waals surface area contributed by atoms with Crippen molar-refractivity contribution in [2.45, 2.75) is 20.3 Å². The van der Waals surface area contributed by atoms with Gasteiger partial charge in [0, 0.05) is 11.6 Å². The van der Waals surface area contributed by atoms with E-state index in [4.69, 9.17) is 0 Å². The smallest absolute Gasteiger partial charge is 0.337 e.